The predicted octanol–water partition coefficient (Wildman–Crippen LogP) is 6.12. The first-order valence-electron chi connectivity index (χ1n) is 9.82. The third kappa shape index (κ3) is 4.64. The van der Waals surface area contributed by atoms with Crippen LogP contribution >= 0.6 is 0 Å². The van der Waals surface area contributed by atoms with E-state index in [-0.39, 0.29) is 35.3 Å². The van der Waals surface area contributed by atoms with E-state index >= 15 is 0 Å². The fraction of sp³-hybridized carbons (Fsp3) is 0.391. The van der Waals surface area contributed by atoms with Crippen LogP contribution in [0.1, 0.15) is 55.2 Å². The van der Waals surface area contributed by atoms with Crippen LogP contribution < -0.4 is 4.74 Å². The van der Waals surface area contributed by atoms with Gasteiger partial charge in [0, 0.05) is 11.1 Å². The average molecular weight is 408 g/mol. The van der Waals surface area contributed by atoms with Gasteiger partial charge in [-0.2, -0.15) is 4.39 Å². The summed E-state index contributed by atoms with van der Waals surface area (Å²) in [6.07, 6.45) is 6.23. The smallest absolute Gasteiger partial charge is 0.200 e. The van der Waals surface area contributed by atoms with Crippen LogP contribution in [-0.4, -0.2) is 11.7 Å². The van der Waals surface area contributed by atoms with Crippen LogP contribution in [-0.2, 0) is 6.61 Å². The zero-order valence-corrected chi connectivity index (χ0v) is 16.2. The number of rotatable bonds is 6. The highest BCUT2D eigenvalue weighted by Gasteiger charge is 2.26. The molecule has 0 aliphatic heterocycles. The number of hydrogen-bond donors (Lipinski definition) is 1. The van der Waals surface area contributed by atoms with Gasteiger partial charge in [-0.25, -0.2) is 13.2 Å². The monoisotopic (exact) mass is 408 g/mol. The van der Waals surface area contributed by atoms with Gasteiger partial charge in [0.1, 0.15) is 0 Å². The molecule has 2 aromatic carbocycles. The molecule has 1 N–H and O–H groups in total. The maximum absolute atomic E-state index is 14.4. The molecule has 1 saturated carbocycles. The summed E-state index contributed by atoms with van der Waals surface area (Å²) in [6, 6.07) is 5.85. The Bertz CT molecular complexity index is 887. The first kappa shape index (κ1) is 21.4. The van der Waals surface area contributed by atoms with Crippen molar-refractivity contribution in [2.75, 3.05) is 6.61 Å². The van der Waals surface area contributed by atoms with Crippen LogP contribution in [0.4, 0.5) is 17.6 Å². The van der Waals surface area contributed by atoms with E-state index in [0.29, 0.717) is 18.4 Å². The summed E-state index contributed by atoms with van der Waals surface area (Å²) in [7, 11) is 0. The molecule has 0 spiro atoms. The van der Waals surface area contributed by atoms with Gasteiger partial charge < -0.3 is 9.84 Å². The van der Waals surface area contributed by atoms with Crippen molar-refractivity contribution in [3.05, 3.63) is 70.3 Å². The van der Waals surface area contributed by atoms with E-state index in [4.69, 9.17) is 9.84 Å². The molecule has 0 bridgehead atoms. The summed E-state index contributed by atoms with van der Waals surface area (Å²) in [5, 5.41) is 8.98. The topological polar surface area (TPSA) is 29.5 Å². The average Bonchev–Trinajstić information content (AvgIpc) is 2.73. The summed E-state index contributed by atoms with van der Waals surface area (Å²) in [5.41, 5.74) is 0.410. The van der Waals surface area contributed by atoms with E-state index < -0.39 is 29.9 Å². The number of aliphatic hydroxyl groups is 1. The summed E-state index contributed by atoms with van der Waals surface area (Å²) in [6.45, 7) is 1.42. The first-order valence-corrected chi connectivity index (χ1v) is 9.82. The van der Waals surface area contributed by atoms with Gasteiger partial charge in [0.25, 0.3) is 0 Å². The Morgan fingerprint density at radius 1 is 0.931 bits per heavy atom. The Balaban J connectivity index is 1.65. The molecule has 0 amide bonds. The second-order valence-corrected chi connectivity index (χ2v) is 7.28. The van der Waals surface area contributed by atoms with Crippen LogP contribution in [0, 0.1) is 29.2 Å². The van der Waals surface area contributed by atoms with Crippen molar-refractivity contribution in [1.82, 2.24) is 0 Å². The Morgan fingerprint density at radius 2 is 1.66 bits per heavy atom. The van der Waals surface area contributed by atoms with Gasteiger partial charge >= 0.3 is 0 Å². The molecule has 156 valence electrons. The Morgan fingerprint density at radius 3 is 2.31 bits per heavy atom. The number of benzene rings is 2. The van der Waals surface area contributed by atoms with Crippen LogP contribution in [0.25, 0.3) is 6.08 Å². The molecule has 1 aliphatic rings. The highest BCUT2D eigenvalue weighted by molar-refractivity contribution is 5.51. The minimum atomic E-state index is -1.04. The van der Waals surface area contributed by atoms with Crippen LogP contribution in [0.5, 0.6) is 5.75 Å². The number of hydrogen-bond acceptors (Lipinski definition) is 2. The lowest BCUT2D eigenvalue weighted by molar-refractivity contribution is 0.273. The predicted molar refractivity (Wildman–Crippen MR) is 104 cm³/mol. The molecule has 0 aromatic heterocycles. The van der Waals surface area contributed by atoms with Gasteiger partial charge in [0.15, 0.2) is 23.2 Å². The first-order chi connectivity index (χ1) is 14.0. The third-order valence-electron chi connectivity index (χ3n) is 5.50. The molecule has 29 heavy (non-hydrogen) atoms. The maximum Gasteiger partial charge on any atom is 0.200 e. The summed E-state index contributed by atoms with van der Waals surface area (Å²) in [5.74, 6) is -3.82. The third-order valence-corrected chi connectivity index (χ3v) is 5.50. The van der Waals surface area contributed by atoms with Crippen molar-refractivity contribution in [1.29, 1.82) is 0 Å². The second kappa shape index (κ2) is 9.44. The number of aliphatic hydroxyl groups excluding tert-OH is 1. The molecule has 0 saturated heterocycles. The molecule has 2 aromatic rings. The van der Waals surface area contributed by atoms with Gasteiger partial charge in [-0.15, -0.1) is 0 Å². The zero-order chi connectivity index (χ0) is 21.0. The van der Waals surface area contributed by atoms with Gasteiger partial charge in [-0.1, -0.05) is 30.4 Å². The largest absolute Gasteiger partial charge is 0.491 e. The number of allylic oxidation sites excluding steroid dienone is 1. The summed E-state index contributed by atoms with van der Waals surface area (Å²) >= 11 is 0. The zero-order valence-electron chi connectivity index (χ0n) is 16.2. The normalized spacial score (nSPS) is 19.7. The molecule has 2 nitrogen and oxygen atoms in total. The summed E-state index contributed by atoms with van der Waals surface area (Å²) in [4.78, 5) is 0. The van der Waals surface area contributed by atoms with E-state index in [1.807, 2.05) is 6.08 Å². The Labute approximate surface area is 167 Å². The molecule has 0 heterocycles. The Hall–Kier alpha value is -2.34. The molecule has 1 aliphatic carbocycles. The quantitative estimate of drug-likeness (QED) is 0.584. The minimum Gasteiger partial charge on any atom is -0.491 e. The van der Waals surface area contributed by atoms with Crippen molar-refractivity contribution >= 4 is 6.08 Å². The SMILES string of the molecule is CCOc1ccc(C2CCC(C=Cc3ccc(CO)c(F)c3F)CC2)c(F)c1F. The molecule has 3 rings (SSSR count). The molecule has 1 fully saturated rings. The van der Waals surface area contributed by atoms with Crippen LogP contribution in [0.3, 0.4) is 0 Å². The van der Waals surface area contributed by atoms with Crippen LogP contribution in [0.2, 0.25) is 0 Å². The van der Waals surface area contributed by atoms with Crippen molar-refractivity contribution in [3.63, 3.8) is 0 Å². The fourth-order valence-corrected chi connectivity index (χ4v) is 3.85. The van der Waals surface area contributed by atoms with Crippen molar-refractivity contribution in [3.8, 4) is 5.75 Å². The van der Waals surface area contributed by atoms with Crippen molar-refractivity contribution < 1.29 is 27.4 Å². The molecule has 0 atom stereocenters. The van der Waals surface area contributed by atoms with Gasteiger partial charge in [-0.3, -0.25) is 0 Å². The second-order valence-electron chi connectivity index (χ2n) is 7.28. The lowest BCUT2D eigenvalue weighted by Crippen LogP contribution is -2.14. The van der Waals surface area contributed by atoms with E-state index in [2.05, 4.69) is 0 Å². The highest BCUT2D eigenvalue weighted by atomic mass is 19.2. The standard InChI is InChI=1S/C23H24F4O2/c1-2-29-19-12-11-18(22(26)23(19)27)15-6-3-14(4-7-15)5-8-16-9-10-17(13-28)21(25)20(16)24/h5,8-12,14-15,28H,2-4,6-7,13H2,1H3. The minimum absolute atomic E-state index is 0.0770. The number of ether oxygens (including phenoxy) is 1. The lowest BCUT2D eigenvalue weighted by atomic mass is 9.78. The van der Waals surface area contributed by atoms with Crippen molar-refractivity contribution in [2.24, 2.45) is 5.92 Å². The van der Waals surface area contributed by atoms with Gasteiger partial charge in [0.05, 0.1) is 13.2 Å². The fourth-order valence-electron chi connectivity index (χ4n) is 3.85. The molecular formula is C23H24F4O2. The van der Waals surface area contributed by atoms with Gasteiger partial charge in [0.2, 0.25) is 5.82 Å². The van der Waals surface area contributed by atoms with E-state index in [0.717, 1.165) is 12.8 Å². The number of halogens is 4. The van der Waals surface area contributed by atoms with E-state index in [1.54, 1.807) is 19.1 Å². The van der Waals surface area contributed by atoms with E-state index in [1.165, 1.54) is 18.2 Å². The molecule has 0 radical (unpaired) electrons. The molecular weight excluding hydrogens is 384 g/mol. The van der Waals surface area contributed by atoms with Gasteiger partial charge in [-0.05, 0) is 56.1 Å². The molecule has 6 heteroatoms. The van der Waals surface area contributed by atoms with Crippen molar-refractivity contribution in [2.45, 2.75) is 45.1 Å². The lowest BCUT2D eigenvalue weighted by Gasteiger charge is -2.27. The maximum atomic E-state index is 14.4. The Kier molecular flexibility index (Phi) is 6.96. The van der Waals surface area contributed by atoms with E-state index in [9.17, 15) is 17.6 Å². The molecule has 0 unspecified atom stereocenters. The van der Waals surface area contributed by atoms with Crippen LogP contribution in [0.15, 0.2) is 30.3 Å². The summed E-state index contributed by atoms with van der Waals surface area (Å²) < 4.78 is 61.4. The highest BCUT2D eigenvalue weighted by Crippen LogP contribution is 2.39.